The van der Waals surface area contributed by atoms with Gasteiger partial charge in [0.25, 0.3) is 5.56 Å². The molecule has 0 aliphatic heterocycles. The van der Waals surface area contributed by atoms with E-state index in [2.05, 4.69) is 20.5 Å². The fraction of sp³-hybridized carbons (Fsp3) is 0.111. The Morgan fingerprint density at radius 3 is 2.75 bits per heavy atom. The van der Waals surface area contributed by atoms with Crippen LogP contribution in [0.4, 0.5) is 18.9 Å². The van der Waals surface area contributed by atoms with Crippen molar-refractivity contribution in [1.29, 1.82) is 0 Å². The van der Waals surface area contributed by atoms with Crippen molar-refractivity contribution in [2.24, 2.45) is 0 Å². The van der Waals surface area contributed by atoms with Crippen LogP contribution in [0.15, 0.2) is 53.6 Å². The molecule has 4 aromatic rings. The van der Waals surface area contributed by atoms with Gasteiger partial charge in [-0.25, -0.2) is 4.98 Å². The van der Waals surface area contributed by atoms with Crippen molar-refractivity contribution in [3.05, 3.63) is 64.7 Å². The van der Waals surface area contributed by atoms with Crippen molar-refractivity contribution in [2.75, 3.05) is 5.32 Å². The molecular formula is C18H12F3N5O2. The minimum atomic E-state index is -4.61. The van der Waals surface area contributed by atoms with Gasteiger partial charge >= 0.3 is 6.18 Å². The number of nitrogens with zero attached hydrogens (tertiary/aromatic N) is 3. The van der Waals surface area contributed by atoms with Crippen molar-refractivity contribution in [3.8, 4) is 0 Å². The van der Waals surface area contributed by atoms with E-state index in [4.69, 9.17) is 0 Å². The number of benzene rings is 2. The summed E-state index contributed by atoms with van der Waals surface area (Å²) in [6.45, 7) is -0.371. The molecule has 1 amide bonds. The Morgan fingerprint density at radius 2 is 1.96 bits per heavy atom. The Hall–Kier alpha value is -3.69. The summed E-state index contributed by atoms with van der Waals surface area (Å²) in [6.07, 6.45) is -2.44. The molecular weight excluding hydrogens is 375 g/mol. The highest BCUT2D eigenvalue weighted by atomic mass is 19.4. The summed E-state index contributed by atoms with van der Waals surface area (Å²) in [5, 5.41) is 8.40. The van der Waals surface area contributed by atoms with Crippen LogP contribution in [0.2, 0.25) is 0 Å². The molecule has 0 aliphatic carbocycles. The fourth-order valence-corrected chi connectivity index (χ4v) is 2.98. The molecule has 4 rings (SSSR count). The minimum absolute atomic E-state index is 0.0551. The summed E-state index contributed by atoms with van der Waals surface area (Å²) < 4.78 is 41.0. The van der Waals surface area contributed by atoms with Gasteiger partial charge in [-0.05, 0) is 24.3 Å². The molecule has 0 saturated carbocycles. The van der Waals surface area contributed by atoms with E-state index >= 15 is 0 Å². The molecule has 0 bridgehead atoms. The van der Waals surface area contributed by atoms with E-state index in [1.807, 2.05) is 0 Å². The molecule has 0 spiro atoms. The van der Waals surface area contributed by atoms with Gasteiger partial charge in [0.2, 0.25) is 5.91 Å². The molecule has 7 nitrogen and oxygen atoms in total. The van der Waals surface area contributed by atoms with Crippen LogP contribution in [0.5, 0.6) is 0 Å². The van der Waals surface area contributed by atoms with Crippen molar-refractivity contribution in [1.82, 2.24) is 19.7 Å². The number of alkyl halides is 3. The van der Waals surface area contributed by atoms with Crippen LogP contribution in [0.3, 0.4) is 0 Å². The number of rotatable bonds is 3. The molecule has 0 aliphatic rings. The lowest BCUT2D eigenvalue weighted by atomic mass is 10.1. The summed E-state index contributed by atoms with van der Waals surface area (Å²) in [5.74, 6) is -0.648. The monoisotopic (exact) mass is 387 g/mol. The average molecular weight is 387 g/mol. The first-order valence-corrected chi connectivity index (χ1v) is 8.12. The first-order chi connectivity index (χ1) is 13.3. The highest BCUT2D eigenvalue weighted by Crippen LogP contribution is 2.36. The molecule has 0 fully saturated rings. The third kappa shape index (κ3) is 3.20. The van der Waals surface area contributed by atoms with Crippen LogP contribution in [0, 0.1) is 0 Å². The van der Waals surface area contributed by atoms with Crippen molar-refractivity contribution in [3.63, 3.8) is 0 Å². The number of anilines is 1. The van der Waals surface area contributed by atoms with E-state index in [0.29, 0.717) is 11.0 Å². The zero-order valence-corrected chi connectivity index (χ0v) is 14.1. The van der Waals surface area contributed by atoms with Crippen molar-refractivity contribution >= 4 is 33.5 Å². The largest absolute Gasteiger partial charge is 0.417 e. The van der Waals surface area contributed by atoms with Gasteiger partial charge in [-0.2, -0.15) is 18.3 Å². The number of hydrogen-bond donors (Lipinski definition) is 2. The zero-order valence-electron chi connectivity index (χ0n) is 14.1. The van der Waals surface area contributed by atoms with E-state index < -0.39 is 23.2 Å². The summed E-state index contributed by atoms with van der Waals surface area (Å²) in [7, 11) is 0. The third-order valence-corrected chi connectivity index (χ3v) is 4.20. The predicted octanol–water partition coefficient (Wildman–Crippen LogP) is 2.93. The molecule has 142 valence electrons. The number of carbonyl (C=O) groups excluding carboxylic acids is 1. The van der Waals surface area contributed by atoms with E-state index in [1.165, 1.54) is 10.6 Å². The third-order valence-electron chi connectivity index (χ3n) is 4.20. The zero-order chi connectivity index (χ0) is 19.9. The molecule has 2 N–H and O–H groups in total. The molecule has 10 heteroatoms. The summed E-state index contributed by atoms with van der Waals surface area (Å²) in [4.78, 5) is 28.5. The second-order valence-corrected chi connectivity index (χ2v) is 6.07. The first kappa shape index (κ1) is 17.7. The lowest BCUT2D eigenvalue weighted by Gasteiger charge is -2.13. The highest BCUT2D eigenvalue weighted by Gasteiger charge is 2.33. The van der Waals surface area contributed by atoms with Crippen molar-refractivity contribution in [2.45, 2.75) is 12.7 Å². The van der Waals surface area contributed by atoms with E-state index in [9.17, 15) is 22.8 Å². The molecule has 0 saturated heterocycles. The molecule has 0 unspecified atom stereocenters. The SMILES string of the molecule is O=C(Cn1c(=O)cnc2ccccc21)Nc1cc(C(F)(F)F)c2cn[nH]c2c1. The normalized spacial score (nSPS) is 11.8. The second kappa shape index (κ2) is 6.48. The number of amides is 1. The van der Waals surface area contributed by atoms with Gasteiger partial charge in [0, 0.05) is 11.1 Å². The van der Waals surface area contributed by atoms with Crippen LogP contribution >= 0.6 is 0 Å². The van der Waals surface area contributed by atoms with Crippen molar-refractivity contribution < 1.29 is 18.0 Å². The lowest BCUT2D eigenvalue weighted by Crippen LogP contribution is -2.28. The number of aromatic nitrogens is 4. The van der Waals surface area contributed by atoms with Crippen LogP contribution in [0.25, 0.3) is 21.9 Å². The molecule has 2 heterocycles. The number of para-hydroxylation sites is 2. The lowest BCUT2D eigenvalue weighted by molar-refractivity contribution is -0.136. The number of carbonyl (C=O) groups is 1. The molecule has 0 atom stereocenters. The molecule has 2 aromatic heterocycles. The highest BCUT2D eigenvalue weighted by molar-refractivity contribution is 5.95. The smallest absolute Gasteiger partial charge is 0.324 e. The summed E-state index contributed by atoms with van der Waals surface area (Å²) in [5.41, 5.74) is -0.357. The maximum absolute atomic E-state index is 13.3. The van der Waals surface area contributed by atoms with E-state index in [-0.39, 0.29) is 23.1 Å². The van der Waals surface area contributed by atoms with Gasteiger partial charge in [-0.1, -0.05) is 12.1 Å². The van der Waals surface area contributed by atoms with Gasteiger partial charge in [0.1, 0.15) is 6.54 Å². The maximum Gasteiger partial charge on any atom is 0.417 e. The average Bonchev–Trinajstić information content (AvgIpc) is 3.11. The van der Waals surface area contributed by atoms with Gasteiger partial charge in [-0.3, -0.25) is 19.3 Å². The quantitative estimate of drug-likeness (QED) is 0.565. The predicted molar refractivity (Wildman–Crippen MR) is 95.7 cm³/mol. The van der Waals surface area contributed by atoms with Crippen LogP contribution in [-0.4, -0.2) is 25.7 Å². The fourth-order valence-electron chi connectivity index (χ4n) is 2.98. The summed E-state index contributed by atoms with van der Waals surface area (Å²) >= 11 is 0. The van der Waals surface area contributed by atoms with Gasteiger partial charge < -0.3 is 5.32 Å². The van der Waals surface area contributed by atoms with Crippen LogP contribution < -0.4 is 10.9 Å². The number of hydrogen-bond acceptors (Lipinski definition) is 4. The Bertz CT molecular complexity index is 1260. The maximum atomic E-state index is 13.3. The van der Waals surface area contributed by atoms with Crippen LogP contribution in [-0.2, 0) is 17.5 Å². The Kier molecular flexibility index (Phi) is 4.10. The Labute approximate surface area is 154 Å². The number of nitrogens with one attached hydrogen (secondary N) is 2. The number of fused-ring (bicyclic) bond motifs is 2. The number of halogens is 3. The van der Waals surface area contributed by atoms with Crippen LogP contribution in [0.1, 0.15) is 5.56 Å². The minimum Gasteiger partial charge on any atom is -0.324 e. The summed E-state index contributed by atoms with van der Waals surface area (Å²) in [6, 6.07) is 8.94. The molecule has 28 heavy (non-hydrogen) atoms. The number of aromatic amines is 1. The van der Waals surface area contributed by atoms with E-state index in [0.717, 1.165) is 18.5 Å². The topological polar surface area (TPSA) is 92.7 Å². The van der Waals surface area contributed by atoms with Gasteiger partial charge in [0.15, 0.2) is 0 Å². The second-order valence-electron chi connectivity index (χ2n) is 6.07. The first-order valence-electron chi connectivity index (χ1n) is 8.12. The standard InChI is InChI=1S/C18H12F3N5O2/c19-18(20,21)12-5-10(6-14-11(12)7-23-25-14)24-16(27)9-26-15-4-2-1-3-13(15)22-8-17(26)28/h1-8H,9H2,(H,23,25)(H,24,27). The van der Waals surface area contributed by atoms with Gasteiger partial charge in [0.05, 0.1) is 34.5 Å². The Balaban J connectivity index is 1.67. The van der Waals surface area contributed by atoms with Gasteiger partial charge in [-0.15, -0.1) is 0 Å². The molecule has 0 radical (unpaired) electrons. The molecule has 2 aromatic carbocycles. The number of H-pyrrole nitrogens is 1. The van der Waals surface area contributed by atoms with E-state index in [1.54, 1.807) is 24.3 Å². The Morgan fingerprint density at radius 1 is 1.18 bits per heavy atom.